The van der Waals surface area contributed by atoms with E-state index >= 15 is 0 Å². The van der Waals surface area contributed by atoms with E-state index in [0.717, 1.165) is 17.9 Å². The van der Waals surface area contributed by atoms with Gasteiger partial charge in [0.05, 0.1) is 17.5 Å². The van der Waals surface area contributed by atoms with Crippen molar-refractivity contribution in [2.24, 2.45) is 0 Å². The molecule has 0 atom stereocenters. The Morgan fingerprint density at radius 3 is 2.32 bits per heavy atom. The Balaban J connectivity index is 1.64. The van der Waals surface area contributed by atoms with Crippen LogP contribution < -0.4 is 20.5 Å². The highest BCUT2D eigenvalue weighted by atomic mass is 32.2. The van der Waals surface area contributed by atoms with Gasteiger partial charge in [-0.2, -0.15) is 0 Å². The maximum atomic E-state index is 14.6. The molecule has 0 bridgehead atoms. The van der Waals surface area contributed by atoms with Gasteiger partial charge in [0.25, 0.3) is 17.4 Å². The number of carbonyl (C=O) groups excluding carboxylic acids is 2. The van der Waals surface area contributed by atoms with Crippen molar-refractivity contribution >= 4 is 44.1 Å². The smallest absolute Gasteiger partial charge is 0.265 e. The van der Waals surface area contributed by atoms with E-state index in [0.29, 0.717) is 12.2 Å². The number of benzene rings is 3. The number of aromatic nitrogens is 1. The Morgan fingerprint density at radius 1 is 1.03 bits per heavy atom. The fraction of sp³-hybridized carbons (Fsp3) is 0.115. The van der Waals surface area contributed by atoms with Crippen LogP contribution in [0.4, 0.5) is 15.8 Å². The van der Waals surface area contributed by atoms with E-state index in [-0.39, 0.29) is 22.2 Å². The number of halogens is 1. The molecule has 4 N–H and O–H groups in total. The molecule has 0 saturated heterocycles. The van der Waals surface area contributed by atoms with Gasteiger partial charge in [-0.1, -0.05) is 30.3 Å². The highest BCUT2D eigenvalue weighted by Gasteiger charge is 2.22. The molecule has 196 valence electrons. The SMILES string of the molecule is CN(Cc1ccccc1)c1cc(F)cc2c(O)c(C(=O)Nc3ccc(C(=O)NS(C)(=O)=O)cc3)c(=O)[nH]c12. The maximum Gasteiger partial charge on any atom is 0.265 e. The second-order valence-electron chi connectivity index (χ2n) is 8.60. The van der Waals surface area contributed by atoms with Gasteiger partial charge in [-0.3, -0.25) is 14.4 Å². The van der Waals surface area contributed by atoms with E-state index in [1.807, 2.05) is 35.1 Å². The second-order valence-corrected chi connectivity index (χ2v) is 10.4. The standard InChI is InChI=1S/C26H23FN4O6S/c1-31(14-15-6-4-3-5-7-15)20-13-17(27)12-19-22(20)29-26(35)21(23(19)32)25(34)28-18-10-8-16(9-11-18)24(33)30-38(2,36)37/h3-13H,14H2,1-2H3,(H,28,34)(H,30,33)(H2,29,32,35). The lowest BCUT2D eigenvalue weighted by molar-refractivity contribution is 0.0980. The molecule has 0 saturated carbocycles. The fourth-order valence-electron chi connectivity index (χ4n) is 3.91. The lowest BCUT2D eigenvalue weighted by Crippen LogP contribution is -2.29. The summed E-state index contributed by atoms with van der Waals surface area (Å²) in [5, 5.41) is 13.2. The number of rotatable bonds is 7. The van der Waals surface area contributed by atoms with E-state index in [1.165, 1.54) is 30.3 Å². The van der Waals surface area contributed by atoms with Gasteiger partial charge in [0.2, 0.25) is 10.0 Å². The van der Waals surface area contributed by atoms with Crippen LogP contribution in [0.25, 0.3) is 10.9 Å². The van der Waals surface area contributed by atoms with Gasteiger partial charge < -0.3 is 20.3 Å². The number of aromatic amines is 1. The molecule has 1 heterocycles. The number of aromatic hydroxyl groups is 1. The summed E-state index contributed by atoms with van der Waals surface area (Å²) in [7, 11) is -2.05. The Hall–Kier alpha value is -4.71. The third-order valence-corrected chi connectivity index (χ3v) is 6.18. The van der Waals surface area contributed by atoms with Crippen molar-refractivity contribution < 1.29 is 27.5 Å². The molecular weight excluding hydrogens is 515 g/mol. The van der Waals surface area contributed by atoms with Crippen molar-refractivity contribution in [3.63, 3.8) is 0 Å². The van der Waals surface area contributed by atoms with Crippen LogP contribution >= 0.6 is 0 Å². The molecule has 0 unspecified atom stereocenters. The number of nitrogens with zero attached hydrogens (tertiary/aromatic N) is 1. The minimum atomic E-state index is -3.76. The van der Waals surface area contributed by atoms with Crippen LogP contribution in [-0.2, 0) is 16.6 Å². The first-order valence-electron chi connectivity index (χ1n) is 11.2. The Morgan fingerprint density at radius 2 is 1.68 bits per heavy atom. The molecule has 0 radical (unpaired) electrons. The molecule has 0 fully saturated rings. The lowest BCUT2D eigenvalue weighted by Gasteiger charge is -2.22. The molecule has 0 spiro atoms. The van der Waals surface area contributed by atoms with E-state index in [4.69, 9.17) is 0 Å². The number of pyridine rings is 1. The lowest BCUT2D eigenvalue weighted by atomic mass is 10.1. The Kier molecular flexibility index (Phi) is 7.17. The summed E-state index contributed by atoms with van der Waals surface area (Å²) in [6.45, 7) is 0.391. The van der Waals surface area contributed by atoms with Crippen LogP contribution in [0, 0.1) is 5.82 Å². The van der Waals surface area contributed by atoms with Crippen LogP contribution in [0.5, 0.6) is 5.75 Å². The highest BCUT2D eigenvalue weighted by molar-refractivity contribution is 7.89. The summed E-state index contributed by atoms with van der Waals surface area (Å²) in [5.74, 6) is -3.20. The average molecular weight is 539 g/mol. The number of fused-ring (bicyclic) bond motifs is 1. The Labute approximate surface area is 216 Å². The van der Waals surface area contributed by atoms with Crippen molar-refractivity contribution in [1.82, 2.24) is 9.71 Å². The third kappa shape index (κ3) is 5.81. The molecule has 10 nitrogen and oxygen atoms in total. The first kappa shape index (κ1) is 26.4. The van der Waals surface area contributed by atoms with E-state index in [2.05, 4.69) is 10.3 Å². The number of anilines is 2. The normalized spacial score (nSPS) is 11.2. The summed E-state index contributed by atoms with van der Waals surface area (Å²) in [5.41, 5.74) is 0.0668. The van der Waals surface area contributed by atoms with Crippen molar-refractivity contribution in [3.05, 3.63) is 99.6 Å². The first-order valence-corrected chi connectivity index (χ1v) is 13.1. The molecular formula is C26H23FN4O6S. The minimum Gasteiger partial charge on any atom is -0.506 e. The van der Waals surface area contributed by atoms with Crippen molar-refractivity contribution in [2.75, 3.05) is 23.5 Å². The number of nitrogens with one attached hydrogen (secondary N) is 3. The summed E-state index contributed by atoms with van der Waals surface area (Å²) >= 11 is 0. The fourth-order valence-corrected chi connectivity index (χ4v) is 4.36. The molecule has 1 aromatic heterocycles. The molecule has 4 aromatic rings. The maximum absolute atomic E-state index is 14.6. The molecule has 0 aliphatic rings. The first-order chi connectivity index (χ1) is 17.9. The van der Waals surface area contributed by atoms with Crippen molar-refractivity contribution in [3.8, 4) is 5.75 Å². The van der Waals surface area contributed by atoms with Gasteiger partial charge in [0.15, 0.2) is 0 Å². The predicted molar refractivity (Wildman–Crippen MR) is 141 cm³/mol. The summed E-state index contributed by atoms with van der Waals surface area (Å²) in [6, 6.07) is 16.8. The van der Waals surface area contributed by atoms with Gasteiger partial charge in [-0.05, 0) is 42.0 Å². The van der Waals surface area contributed by atoms with Crippen LogP contribution in [0.3, 0.4) is 0 Å². The number of H-pyrrole nitrogens is 1. The molecule has 38 heavy (non-hydrogen) atoms. The number of hydrogen-bond donors (Lipinski definition) is 4. The van der Waals surface area contributed by atoms with Crippen molar-refractivity contribution in [2.45, 2.75) is 6.54 Å². The third-order valence-electron chi connectivity index (χ3n) is 5.62. The zero-order chi connectivity index (χ0) is 27.6. The highest BCUT2D eigenvalue weighted by Crippen LogP contribution is 2.33. The zero-order valence-corrected chi connectivity index (χ0v) is 21.1. The number of hydrogen-bond acceptors (Lipinski definition) is 7. The molecule has 0 aliphatic heterocycles. The van der Waals surface area contributed by atoms with Crippen LogP contribution in [0.15, 0.2) is 71.5 Å². The number of amides is 2. The molecule has 2 amide bonds. The van der Waals surface area contributed by atoms with Crippen LogP contribution in [0.1, 0.15) is 26.3 Å². The number of carbonyl (C=O) groups is 2. The summed E-state index contributed by atoms with van der Waals surface area (Å²) in [4.78, 5) is 42.0. The average Bonchev–Trinajstić information content (AvgIpc) is 2.84. The van der Waals surface area contributed by atoms with Crippen LogP contribution in [-0.4, -0.2) is 43.6 Å². The van der Waals surface area contributed by atoms with Crippen LogP contribution in [0.2, 0.25) is 0 Å². The second kappa shape index (κ2) is 10.3. The molecule has 3 aromatic carbocycles. The van der Waals surface area contributed by atoms with Gasteiger partial charge >= 0.3 is 0 Å². The van der Waals surface area contributed by atoms with Gasteiger partial charge in [-0.15, -0.1) is 0 Å². The van der Waals surface area contributed by atoms with Gasteiger partial charge in [-0.25, -0.2) is 17.5 Å². The minimum absolute atomic E-state index is 0.0162. The predicted octanol–water partition coefficient (Wildman–Crippen LogP) is 2.95. The molecule has 0 aliphatic carbocycles. The number of sulfonamides is 1. The van der Waals surface area contributed by atoms with E-state index in [1.54, 1.807) is 11.9 Å². The monoisotopic (exact) mass is 538 g/mol. The quantitative estimate of drug-likeness (QED) is 0.283. The molecule has 4 rings (SSSR count). The van der Waals surface area contributed by atoms with Gasteiger partial charge in [0.1, 0.15) is 17.1 Å². The van der Waals surface area contributed by atoms with Crippen molar-refractivity contribution in [1.29, 1.82) is 0 Å². The van der Waals surface area contributed by atoms with E-state index in [9.17, 15) is 32.3 Å². The topological polar surface area (TPSA) is 149 Å². The van der Waals surface area contributed by atoms with Gasteiger partial charge in [0, 0.05) is 30.2 Å². The Bertz CT molecular complexity index is 1700. The summed E-state index contributed by atoms with van der Waals surface area (Å²) < 4.78 is 38.8. The van der Waals surface area contributed by atoms with E-state index < -0.39 is 44.5 Å². The molecule has 12 heteroatoms. The summed E-state index contributed by atoms with van der Waals surface area (Å²) in [6.07, 6.45) is 0.837. The zero-order valence-electron chi connectivity index (χ0n) is 20.3. The largest absolute Gasteiger partial charge is 0.506 e.